The zero-order valence-electron chi connectivity index (χ0n) is 13.4. The summed E-state index contributed by atoms with van der Waals surface area (Å²) in [6.07, 6.45) is 0. The molecule has 3 nitrogen and oxygen atoms in total. The molecule has 2 rings (SSSR count). The average Bonchev–Trinajstić information content (AvgIpc) is 2.49. The molecule has 0 unspecified atom stereocenters. The molecule has 7 heteroatoms. The van der Waals surface area contributed by atoms with Gasteiger partial charge in [0.25, 0.3) is 0 Å². The molecule has 1 fully saturated rings. The third kappa shape index (κ3) is 5.11. The lowest BCUT2D eigenvalue weighted by Gasteiger charge is -2.43. The molecule has 0 bridgehead atoms. The van der Waals surface area contributed by atoms with Gasteiger partial charge < -0.3 is 10.4 Å². The molecule has 0 aromatic heterocycles. The van der Waals surface area contributed by atoms with Crippen LogP contribution >= 0.6 is 11.8 Å². The fraction of sp³-hybridized carbons (Fsp3) is 0.625. The number of piperazine rings is 1. The maximum atomic E-state index is 12.4. The largest absolute Gasteiger partial charge is 0.446 e. The number of thioether (sulfide) groups is 1. The number of aliphatic hydroxyl groups excluding tert-OH is 1. The van der Waals surface area contributed by atoms with Gasteiger partial charge >= 0.3 is 5.51 Å². The van der Waals surface area contributed by atoms with E-state index >= 15 is 0 Å². The molecule has 23 heavy (non-hydrogen) atoms. The van der Waals surface area contributed by atoms with E-state index < -0.39 is 5.51 Å². The molecule has 2 N–H and O–H groups in total. The Morgan fingerprint density at radius 2 is 1.74 bits per heavy atom. The Morgan fingerprint density at radius 3 is 2.22 bits per heavy atom. The van der Waals surface area contributed by atoms with E-state index in [-0.39, 0.29) is 34.7 Å². The number of halogens is 3. The summed E-state index contributed by atoms with van der Waals surface area (Å²) in [7, 11) is 0. The molecule has 130 valence electrons. The van der Waals surface area contributed by atoms with Crippen molar-refractivity contribution in [3.63, 3.8) is 0 Å². The second kappa shape index (κ2) is 7.42. The maximum Gasteiger partial charge on any atom is 0.446 e. The molecule has 1 saturated heterocycles. The van der Waals surface area contributed by atoms with Crippen LogP contribution in [0, 0.1) is 5.41 Å². The third-order valence-corrected chi connectivity index (χ3v) is 4.83. The first-order valence-electron chi connectivity index (χ1n) is 7.64. The van der Waals surface area contributed by atoms with Crippen LogP contribution in [0.5, 0.6) is 0 Å². The molecule has 0 radical (unpaired) electrons. The van der Waals surface area contributed by atoms with Gasteiger partial charge in [0.2, 0.25) is 0 Å². The van der Waals surface area contributed by atoms with Gasteiger partial charge in [-0.15, -0.1) is 0 Å². The van der Waals surface area contributed by atoms with Crippen LogP contribution in [0.15, 0.2) is 29.2 Å². The Morgan fingerprint density at radius 1 is 1.17 bits per heavy atom. The quantitative estimate of drug-likeness (QED) is 0.801. The summed E-state index contributed by atoms with van der Waals surface area (Å²) >= 11 is -0.103. The zero-order chi connectivity index (χ0) is 17.1. The first-order valence-corrected chi connectivity index (χ1v) is 8.46. The molecule has 1 aliphatic heterocycles. The molecule has 1 heterocycles. The van der Waals surface area contributed by atoms with E-state index in [9.17, 15) is 18.3 Å². The molecule has 1 aromatic rings. The van der Waals surface area contributed by atoms with Gasteiger partial charge in [-0.2, -0.15) is 13.2 Å². The Kier molecular flexibility index (Phi) is 5.99. The zero-order valence-corrected chi connectivity index (χ0v) is 14.2. The van der Waals surface area contributed by atoms with Crippen LogP contribution in [-0.2, 0) is 0 Å². The lowest BCUT2D eigenvalue weighted by molar-refractivity contribution is -0.0328. The van der Waals surface area contributed by atoms with Crippen molar-refractivity contribution in [1.82, 2.24) is 10.2 Å². The average molecular weight is 348 g/mol. The summed E-state index contributed by atoms with van der Waals surface area (Å²) in [5.41, 5.74) is -3.71. The second-order valence-electron chi connectivity index (χ2n) is 6.45. The van der Waals surface area contributed by atoms with Crippen molar-refractivity contribution in [3.05, 3.63) is 29.8 Å². The van der Waals surface area contributed by atoms with Crippen molar-refractivity contribution in [2.45, 2.75) is 30.3 Å². The van der Waals surface area contributed by atoms with Crippen molar-refractivity contribution in [1.29, 1.82) is 0 Å². The minimum Gasteiger partial charge on any atom is -0.396 e. The molecule has 0 amide bonds. The highest BCUT2D eigenvalue weighted by Gasteiger charge is 2.36. The van der Waals surface area contributed by atoms with E-state index in [0.29, 0.717) is 0 Å². The summed E-state index contributed by atoms with van der Waals surface area (Å²) in [4.78, 5) is 2.47. The molecule has 1 aliphatic rings. The number of nitrogens with zero attached hydrogens (tertiary/aromatic N) is 1. The fourth-order valence-electron chi connectivity index (χ4n) is 3.03. The summed E-state index contributed by atoms with van der Waals surface area (Å²) < 4.78 is 37.3. The monoisotopic (exact) mass is 348 g/mol. The SMILES string of the molecule is CC(C)(CO)[C@@H](c1ccc(SC(F)(F)F)cc1)N1CCNCC1. The smallest absolute Gasteiger partial charge is 0.396 e. The number of hydrogen-bond acceptors (Lipinski definition) is 4. The van der Waals surface area contributed by atoms with Crippen molar-refractivity contribution in [2.24, 2.45) is 5.41 Å². The minimum absolute atomic E-state index is 0.0145. The highest BCUT2D eigenvalue weighted by atomic mass is 32.2. The topological polar surface area (TPSA) is 35.5 Å². The molecule has 1 aromatic carbocycles. The normalized spacial score (nSPS) is 18.9. The maximum absolute atomic E-state index is 12.4. The van der Waals surface area contributed by atoms with Crippen molar-refractivity contribution in [2.75, 3.05) is 32.8 Å². The number of alkyl halides is 3. The number of hydrogen-bond donors (Lipinski definition) is 2. The Bertz CT molecular complexity index is 499. The molecule has 1 atom stereocenters. The predicted molar refractivity (Wildman–Crippen MR) is 86.4 cm³/mol. The van der Waals surface area contributed by atoms with Gasteiger partial charge in [0, 0.05) is 49.1 Å². The van der Waals surface area contributed by atoms with Crippen molar-refractivity contribution in [3.8, 4) is 0 Å². The lowest BCUT2D eigenvalue weighted by atomic mass is 9.80. The van der Waals surface area contributed by atoms with Gasteiger partial charge in [0.05, 0.1) is 0 Å². The molecule has 0 saturated carbocycles. The Labute approximate surface area is 139 Å². The van der Waals surface area contributed by atoms with Gasteiger partial charge in [-0.25, -0.2) is 0 Å². The van der Waals surface area contributed by atoms with E-state index in [1.807, 2.05) is 13.8 Å². The first kappa shape index (κ1) is 18.6. The van der Waals surface area contributed by atoms with E-state index in [0.717, 1.165) is 31.7 Å². The van der Waals surface area contributed by atoms with E-state index in [2.05, 4.69) is 10.2 Å². The highest BCUT2D eigenvalue weighted by molar-refractivity contribution is 8.00. The van der Waals surface area contributed by atoms with Crippen LogP contribution in [0.25, 0.3) is 0 Å². The van der Waals surface area contributed by atoms with Crippen LogP contribution in [0.3, 0.4) is 0 Å². The summed E-state index contributed by atoms with van der Waals surface area (Å²) in [6.45, 7) is 7.44. The molecule has 0 spiro atoms. The van der Waals surface area contributed by atoms with Crippen LogP contribution in [0.1, 0.15) is 25.5 Å². The van der Waals surface area contributed by atoms with Crippen LogP contribution in [0.2, 0.25) is 0 Å². The predicted octanol–water partition coefficient (Wildman–Crippen LogP) is 3.26. The Balaban J connectivity index is 2.24. The van der Waals surface area contributed by atoms with Gasteiger partial charge in [-0.3, -0.25) is 4.90 Å². The fourth-order valence-corrected chi connectivity index (χ4v) is 3.57. The molecular weight excluding hydrogens is 325 g/mol. The third-order valence-electron chi connectivity index (χ3n) is 4.09. The highest BCUT2D eigenvalue weighted by Crippen LogP contribution is 2.41. The number of rotatable bonds is 5. The van der Waals surface area contributed by atoms with Crippen LogP contribution < -0.4 is 5.32 Å². The van der Waals surface area contributed by atoms with Gasteiger partial charge in [0.15, 0.2) is 0 Å². The first-order chi connectivity index (χ1) is 10.7. The lowest BCUT2D eigenvalue weighted by Crippen LogP contribution is -2.49. The second-order valence-corrected chi connectivity index (χ2v) is 7.59. The standard InChI is InChI=1S/C16H23F3N2OS/c1-15(2,11-22)14(21-9-7-20-8-10-21)12-3-5-13(6-4-12)23-16(17,18)19/h3-6,14,20,22H,7-11H2,1-2H3/t14-/m1/s1. The van der Waals surface area contributed by atoms with E-state index in [1.54, 1.807) is 12.1 Å². The van der Waals surface area contributed by atoms with Crippen LogP contribution in [0.4, 0.5) is 13.2 Å². The summed E-state index contributed by atoms with van der Waals surface area (Å²) in [5, 5.41) is 13.1. The summed E-state index contributed by atoms with van der Waals surface area (Å²) in [5.74, 6) is 0. The van der Waals surface area contributed by atoms with E-state index in [1.165, 1.54) is 12.1 Å². The van der Waals surface area contributed by atoms with Gasteiger partial charge in [-0.05, 0) is 29.5 Å². The van der Waals surface area contributed by atoms with Crippen molar-refractivity contribution >= 4 is 11.8 Å². The van der Waals surface area contributed by atoms with Gasteiger partial charge in [0.1, 0.15) is 0 Å². The van der Waals surface area contributed by atoms with Gasteiger partial charge in [-0.1, -0.05) is 26.0 Å². The van der Waals surface area contributed by atoms with E-state index in [4.69, 9.17) is 0 Å². The molecule has 0 aliphatic carbocycles. The number of nitrogens with one attached hydrogen (secondary N) is 1. The number of aliphatic hydroxyl groups is 1. The summed E-state index contributed by atoms with van der Waals surface area (Å²) in [6, 6.07) is 6.49. The number of benzene rings is 1. The molecular formula is C16H23F3N2OS. The minimum atomic E-state index is -4.27. The van der Waals surface area contributed by atoms with Crippen molar-refractivity contribution < 1.29 is 18.3 Å². The van der Waals surface area contributed by atoms with Crippen LogP contribution in [-0.4, -0.2) is 48.3 Å². The Hall–Kier alpha value is -0.760.